The summed E-state index contributed by atoms with van der Waals surface area (Å²) in [5, 5.41) is 1.29. The maximum Gasteiger partial charge on any atom is 0.260 e. The second kappa shape index (κ2) is 6.70. The van der Waals surface area contributed by atoms with Crippen LogP contribution in [0.5, 0.6) is 0 Å². The molecule has 0 fully saturated rings. The largest absolute Gasteiger partial charge is 0.351 e. The van der Waals surface area contributed by atoms with Gasteiger partial charge >= 0.3 is 0 Å². The Kier molecular flexibility index (Phi) is 4.52. The number of aryl methyl sites for hydroxylation is 3. The van der Waals surface area contributed by atoms with E-state index in [4.69, 9.17) is 0 Å². The average molecular weight is 388 g/mol. The Balaban J connectivity index is 1.59. The Morgan fingerprint density at radius 1 is 1.35 bits per heavy atom. The van der Waals surface area contributed by atoms with Gasteiger partial charge in [-0.25, -0.2) is 4.98 Å². The van der Waals surface area contributed by atoms with E-state index < -0.39 is 0 Å². The summed E-state index contributed by atoms with van der Waals surface area (Å²) in [7, 11) is 1.96. The molecule has 3 heterocycles. The summed E-state index contributed by atoms with van der Waals surface area (Å²) in [6, 6.07) is 1.92. The van der Waals surface area contributed by atoms with Crippen LogP contribution in [0.25, 0.3) is 10.2 Å². The number of carbonyl (C=O) groups excluding carboxylic acids is 1. The zero-order valence-corrected chi connectivity index (χ0v) is 16.8. The molecular weight excluding hydrogens is 366 g/mol. The lowest BCUT2D eigenvalue weighted by atomic mass is 9.97. The molecule has 0 spiro atoms. The molecule has 0 unspecified atom stereocenters. The number of H-pyrrole nitrogens is 1. The normalized spacial score (nSPS) is 14.0. The second-order valence-electron chi connectivity index (χ2n) is 6.82. The molecule has 0 saturated carbocycles. The van der Waals surface area contributed by atoms with E-state index in [1.807, 2.05) is 31.5 Å². The Labute approximate surface area is 159 Å². The summed E-state index contributed by atoms with van der Waals surface area (Å²) < 4.78 is 2.01. The molecule has 3 aromatic rings. The first-order chi connectivity index (χ1) is 12.5. The van der Waals surface area contributed by atoms with Gasteiger partial charge in [0.15, 0.2) is 10.9 Å². The standard InChI is InChI=1S/C19H21N3O2S2/c1-10-8-13(11(2)22(10)3)14(23)9-25-19-20-17(24)16-12-6-4-5-7-15(12)26-18(16)21-19/h8H,4-7,9H2,1-3H3,(H,20,21,24). The SMILES string of the molecule is Cc1cc(C(=O)CSc2nc3sc4c(c3c(=O)[nH]2)CCCC4)c(C)n1C. The van der Waals surface area contributed by atoms with Gasteiger partial charge in [0.1, 0.15) is 4.83 Å². The molecule has 3 aromatic heterocycles. The van der Waals surface area contributed by atoms with Crippen LogP contribution in [0.15, 0.2) is 16.0 Å². The zero-order valence-electron chi connectivity index (χ0n) is 15.1. The third-order valence-corrected chi connectivity index (χ3v) is 7.28. The minimum Gasteiger partial charge on any atom is -0.351 e. The predicted octanol–water partition coefficient (Wildman–Crippen LogP) is 3.79. The van der Waals surface area contributed by atoms with Crippen LogP contribution < -0.4 is 5.56 Å². The molecule has 136 valence electrons. The lowest BCUT2D eigenvalue weighted by molar-refractivity contribution is 0.102. The number of nitrogens with one attached hydrogen (secondary N) is 1. The minimum absolute atomic E-state index is 0.0596. The molecule has 5 nitrogen and oxygen atoms in total. The molecule has 7 heteroatoms. The first kappa shape index (κ1) is 17.5. The smallest absolute Gasteiger partial charge is 0.260 e. The fourth-order valence-electron chi connectivity index (χ4n) is 3.56. The van der Waals surface area contributed by atoms with Crippen molar-refractivity contribution in [1.29, 1.82) is 0 Å². The highest BCUT2D eigenvalue weighted by Crippen LogP contribution is 2.34. The van der Waals surface area contributed by atoms with Crippen LogP contribution in [-0.4, -0.2) is 26.1 Å². The number of nitrogens with zero attached hydrogens (tertiary/aromatic N) is 2. The molecule has 4 rings (SSSR count). The Morgan fingerprint density at radius 2 is 2.12 bits per heavy atom. The molecule has 0 aromatic carbocycles. The van der Waals surface area contributed by atoms with Gasteiger partial charge < -0.3 is 9.55 Å². The van der Waals surface area contributed by atoms with Gasteiger partial charge in [0.25, 0.3) is 5.56 Å². The van der Waals surface area contributed by atoms with Crippen molar-refractivity contribution in [2.45, 2.75) is 44.7 Å². The van der Waals surface area contributed by atoms with E-state index >= 15 is 0 Å². The van der Waals surface area contributed by atoms with Crippen molar-refractivity contribution < 1.29 is 4.79 Å². The summed E-state index contributed by atoms with van der Waals surface area (Å²) in [5.41, 5.74) is 3.89. The Hall–Kier alpha value is -1.86. The van der Waals surface area contributed by atoms with Crippen molar-refractivity contribution >= 4 is 39.1 Å². The van der Waals surface area contributed by atoms with E-state index in [1.165, 1.54) is 28.6 Å². The topological polar surface area (TPSA) is 67.8 Å². The molecule has 1 N–H and O–H groups in total. The van der Waals surface area contributed by atoms with Gasteiger partial charge in [-0.2, -0.15) is 0 Å². The number of thiophene rings is 1. The van der Waals surface area contributed by atoms with Crippen molar-refractivity contribution in [3.05, 3.63) is 43.8 Å². The van der Waals surface area contributed by atoms with Crippen LogP contribution in [0.3, 0.4) is 0 Å². The number of ketones is 1. The maximum absolute atomic E-state index is 12.6. The first-order valence-electron chi connectivity index (χ1n) is 8.79. The summed E-state index contributed by atoms with van der Waals surface area (Å²) >= 11 is 2.94. The fourth-order valence-corrected chi connectivity index (χ4v) is 5.63. The van der Waals surface area contributed by atoms with Gasteiger partial charge in [-0.3, -0.25) is 9.59 Å². The number of thioether (sulfide) groups is 1. The summed E-state index contributed by atoms with van der Waals surface area (Å²) in [6.07, 6.45) is 4.34. The third-order valence-electron chi connectivity index (χ3n) is 5.22. The molecule has 0 aliphatic heterocycles. The van der Waals surface area contributed by atoms with E-state index in [0.29, 0.717) is 5.16 Å². The van der Waals surface area contributed by atoms with Crippen LogP contribution in [0.2, 0.25) is 0 Å². The van der Waals surface area contributed by atoms with E-state index in [2.05, 4.69) is 9.97 Å². The molecule has 0 radical (unpaired) electrons. The number of Topliss-reactive ketones (excluding diaryl/α,β-unsaturated/α-hetero) is 1. The van der Waals surface area contributed by atoms with Crippen LogP contribution in [0, 0.1) is 13.8 Å². The van der Waals surface area contributed by atoms with Crippen molar-refractivity contribution in [2.24, 2.45) is 7.05 Å². The van der Waals surface area contributed by atoms with Crippen molar-refractivity contribution in [2.75, 3.05) is 5.75 Å². The summed E-state index contributed by atoms with van der Waals surface area (Å²) in [4.78, 5) is 34.7. The Bertz CT molecular complexity index is 1070. The van der Waals surface area contributed by atoms with E-state index in [0.717, 1.165) is 46.4 Å². The van der Waals surface area contributed by atoms with Crippen LogP contribution >= 0.6 is 23.1 Å². The zero-order chi connectivity index (χ0) is 18.4. The van der Waals surface area contributed by atoms with E-state index in [9.17, 15) is 9.59 Å². The Morgan fingerprint density at radius 3 is 2.85 bits per heavy atom. The third kappa shape index (κ3) is 2.93. The van der Waals surface area contributed by atoms with E-state index in [1.54, 1.807) is 11.3 Å². The summed E-state index contributed by atoms with van der Waals surface area (Å²) in [6.45, 7) is 3.94. The van der Waals surface area contributed by atoms with Crippen molar-refractivity contribution in [3.8, 4) is 0 Å². The number of aromatic amines is 1. The molecule has 0 amide bonds. The molecule has 0 saturated heterocycles. The second-order valence-corrected chi connectivity index (χ2v) is 8.87. The lowest BCUT2D eigenvalue weighted by Crippen LogP contribution is -2.12. The number of rotatable bonds is 4. The van der Waals surface area contributed by atoms with Crippen LogP contribution in [0.4, 0.5) is 0 Å². The van der Waals surface area contributed by atoms with Gasteiger partial charge in [-0.15, -0.1) is 11.3 Å². The molecule has 1 aliphatic rings. The first-order valence-corrected chi connectivity index (χ1v) is 10.6. The van der Waals surface area contributed by atoms with Crippen molar-refractivity contribution in [1.82, 2.24) is 14.5 Å². The molecule has 1 aliphatic carbocycles. The lowest BCUT2D eigenvalue weighted by Gasteiger charge is -2.09. The van der Waals surface area contributed by atoms with Gasteiger partial charge in [0.2, 0.25) is 0 Å². The number of hydrogen-bond acceptors (Lipinski definition) is 5. The molecular formula is C19H21N3O2S2. The maximum atomic E-state index is 12.6. The highest BCUT2D eigenvalue weighted by atomic mass is 32.2. The number of carbonyl (C=O) groups is 1. The quantitative estimate of drug-likeness (QED) is 0.420. The number of fused-ring (bicyclic) bond motifs is 3. The number of aromatic nitrogens is 3. The predicted molar refractivity (Wildman–Crippen MR) is 107 cm³/mol. The fraction of sp³-hybridized carbons (Fsp3) is 0.421. The highest BCUT2D eigenvalue weighted by Gasteiger charge is 2.20. The molecule has 0 bridgehead atoms. The van der Waals surface area contributed by atoms with Gasteiger partial charge in [-0.1, -0.05) is 11.8 Å². The highest BCUT2D eigenvalue weighted by molar-refractivity contribution is 7.99. The van der Waals surface area contributed by atoms with Crippen molar-refractivity contribution in [3.63, 3.8) is 0 Å². The van der Waals surface area contributed by atoms with Gasteiger partial charge in [0, 0.05) is 28.9 Å². The minimum atomic E-state index is -0.0731. The monoisotopic (exact) mass is 387 g/mol. The van der Waals surface area contributed by atoms with Gasteiger partial charge in [-0.05, 0) is 51.2 Å². The number of hydrogen-bond donors (Lipinski definition) is 1. The summed E-state index contributed by atoms with van der Waals surface area (Å²) in [5.74, 6) is 0.327. The molecule has 26 heavy (non-hydrogen) atoms. The van der Waals surface area contributed by atoms with E-state index in [-0.39, 0.29) is 17.1 Å². The molecule has 0 atom stereocenters. The van der Waals surface area contributed by atoms with Gasteiger partial charge in [0.05, 0.1) is 11.1 Å². The van der Waals surface area contributed by atoms with Crippen LogP contribution in [0.1, 0.15) is 45.0 Å². The average Bonchev–Trinajstić information content (AvgIpc) is 3.12. The van der Waals surface area contributed by atoms with Crippen LogP contribution in [-0.2, 0) is 19.9 Å².